The summed E-state index contributed by atoms with van der Waals surface area (Å²) >= 11 is 5.90. The maximum absolute atomic E-state index is 12.5. The molecule has 0 saturated carbocycles. The first-order chi connectivity index (χ1) is 11.3. The molecule has 1 aromatic carbocycles. The normalized spacial score (nSPS) is 12.3. The van der Waals surface area contributed by atoms with Crippen molar-refractivity contribution in [3.8, 4) is 0 Å². The molecule has 0 aliphatic carbocycles. The molecule has 0 saturated heterocycles. The van der Waals surface area contributed by atoms with Gasteiger partial charge in [0.05, 0.1) is 11.1 Å². The standard InChI is InChI=1S/C18H19ClN2O3/c1-12(16(22)21-14-10-7-11-20-15(14)19)24-17(23)18(2,3)13-8-5-4-6-9-13/h4-12H,1-3H3,(H,21,22)/t12-/m1/s1. The van der Waals surface area contributed by atoms with E-state index in [0.717, 1.165) is 5.56 Å². The van der Waals surface area contributed by atoms with Gasteiger partial charge in [-0.05, 0) is 38.5 Å². The minimum atomic E-state index is -0.961. The van der Waals surface area contributed by atoms with Crippen LogP contribution in [0.3, 0.4) is 0 Å². The molecule has 1 heterocycles. The molecule has 0 unspecified atom stereocenters. The molecule has 5 nitrogen and oxygen atoms in total. The predicted octanol–water partition coefficient (Wildman–Crippen LogP) is 3.58. The van der Waals surface area contributed by atoms with E-state index in [9.17, 15) is 9.59 Å². The Morgan fingerprint density at radius 2 is 1.83 bits per heavy atom. The largest absolute Gasteiger partial charge is 0.452 e. The van der Waals surface area contributed by atoms with Crippen molar-refractivity contribution in [1.82, 2.24) is 4.98 Å². The Labute approximate surface area is 146 Å². The van der Waals surface area contributed by atoms with Gasteiger partial charge in [0.25, 0.3) is 5.91 Å². The molecular formula is C18H19ClN2O3. The minimum Gasteiger partial charge on any atom is -0.452 e. The number of benzene rings is 1. The highest BCUT2D eigenvalue weighted by Crippen LogP contribution is 2.25. The van der Waals surface area contributed by atoms with Crippen LogP contribution in [0.4, 0.5) is 5.69 Å². The number of nitrogens with one attached hydrogen (secondary N) is 1. The number of hydrogen-bond acceptors (Lipinski definition) is 4. The number of aromatic nitrogens is 1. The molecule has 0 radical (unpaired) electrons. The molecule has 0 fully saturated rings. The summed E-state index contributed by atoms with van der Waals surface area (Å²) in [4.78, 5) is 28.5. The first kappa shape index (κ1) is 17.9. The van der Waals surface area contributed by atoms with E-state index in [4.69, 9.17) is 16.3 Å². The van der Waals surface area contributed by atoms with Gasteiger partial charge in [-0.2, -0.15) is 0 Å². The molecule has 2 aromatic rings. The Morgan fingerprint density at radius 3 is 2.46 bits per heavy atom. The lowest BCUT2D eigenvalue weighted by molar-refractivity contribution is -0.158. The first-order valence-electron chi connectivity index (χ1n) is 7.50. The molecular weight excluding hydrogens is 328 g/mol. The van der Waals surface area contributed by atoms with Crippen molar-refractivity contribution in [2.75, 3.05) is 5.32 Å². The predicted molar refractivity (Wildman–Crippen MR) is 92.9 cm³/mol. The van der Waals surface area contributed by atoms with Gasteiger partial charge in [-0.1, -0.05) is 41.9 Å². The van der Waals surface area contributed by atoms with Crippen molar-refractivity contribution in [2.24, 2.45) is 0 Å². The molecule has 0 aliphatic heterocycles. The summed E-state index contributed by atoms with van der Waals surface area (Å²) in [5, 5.41) is 2.77. The molecule has 6 heteroatoms. The number of nitrogens with zero attached hydrogens (tertiary/aromatic N) is 1. The van der Waals surface area contributed by atoms with Crippen molar-refractivity contribution in [2.45, 2.75) is 32.3 Å². The molecule has 0 spiro atoms. The van der Waals surface area contributed by atoms with Crippen LogP contribution in [0.5, 0.6) is 0 Å². The number of halogens is 1. The number of pyridine rings is 1. The number of ether oxygens (including phenoxy) is 1. The zero-order valence-electron chi connectivity index (χ0n) is 13.7. The van der Waals surface area contributed by atoms with Crippen LogP contribution in [0.2, 0.25) is 5.15 Å². The van der Waals surface area contributed by atoms with Crippen LogP contribution in [0.25, 0.3) is 0 Å². The summed E-state index contributed by atoms with van der Waals surface area (Å²) in [6, 6.07) is 12.5. The minimum absolute atomic E-state index is 0.175. The van der Waals surface area contributed by atoms with Crippen molar-refractivity contribution in [1.29, 1.82) is 0 Å². The van der Waals surface area contributed by atoms with Crippen molar-refractivity contribution < 1.29 is 14.3 Å². The van der Waals surface area contributed by atoms with E-state index in [0.29, 0.717) is 5.69 Å². The lowest BCUT2D eigenvalue weighted by atomic mass is 9.85. The molecule has 126 valence electrons. The van der Waals surface area contributed by atoms with Gasteiger partial charge < -0.3 is 10.1 Å². The molecule has 2 rings (SSSR count). The van der Waals surface area contributed by atoms with Crippen LogP contribution in [-0.2, 0) is 19.7 Å². The number of anilines is 1. The molecule has 0 aliphatic rings. The third kappa shape index (κ3) is 4.11. The molecule has 1 atom stereocenters. The summed E-state index contributed by atoms with van der Waals surface area (Å²) in [5.74, 6) is -0.948. The number of esters is 1. The first-order valence-corrected chi connectivity index (χ1v) is 7.88. The zero-order chi connectivity index (χ0) is 17.7. The maximum Gasteiger partial charge on any atom is 0.316 e. The smallest absolute Gasteiger partial charge is 0.316 e. The summed E-state index contributed by atoms with van der Waals surface area (Å²) < 4.78 is 5.33. The number of rotatable bonds is 5. The summed E-state index contributed by atoms with van der Waals surface area (Å²) in [6.45, 7) is 5.03. The van der Waals surface area contributed by atoms with Crippen molar-refractivity contribution in [3.63, 3.8) is 0 Å². The van der Waals surface area contributed by atoms with Crippen LogP contribution in [0.1, 0.15) is 26.3 Å². The fraction of sp³-hybridized carbons (Fsp3) is 0.278. The summed E-state index contributed by atoms with van der Waals surface area (Å²) in [5.41, 5.74) is 0.328. The SMILES string of the molecule is C[C@@H](OC(=O)C(C)(C)c1ccccc1)C(=O)Nc1cccnc1Cl. The van der Waals surface area contributed by atoms with Gasteiger partial charge in [-0.15, -0.1) is 0 Å². The van der Waals surface area contributed by atoms with E-state index in [1.807, 2.05) is 30.3 Å². The molecule has 24 heavy (non-hydrogen) atoms. The van der Waals surface area contributed by atoms with Gasteiger partial charge in [-0.25, -0.2) is 4.98 Å². The quantitative estimate of drug-likeness (QED) is 0.663. The second-order valence-electron chi connectivity index (χ2n) is 5.87. The average Bonchev–Trinajstić information content (AvgIpc) is 2.57. The number of carbonyl (C=O) groups excluding carboxylic acids is 2. The van der Waals surface area contributed by atoms with Gasteiger partial charge in [0, 0.05) is 6.20 Å². The van der Waals surface area contributed by atoms with Gasteiger partial charge in [0.2, 0.25) is 0 Å². The van der Waals surface area contributed by atoms with E-state index < -0.39 is 23.4 Å². The zero-order valence-corrected chi connectivity index (χ0v) is 14.5. The Kier molecular flexibility index (Phi) is 5.57. The van der Waals surface area contributed by atoms with Crippen molar-refractivity contribution >= 4 is 29.2 Å². The molecule has 1 N–H and O–H groups in total. The highest BCUT2D eigenvalue weighted by molar-refractivity contribution is 6.32. The lowest BCUT2D eigenvalue weighted by Crippen LogP contribution is -2.37. The van der Waals surface area contributed by atoms with E-state index in [1.54, 1.807) is 26.0 Å². The van der Waals surface area contributed by atoms with Gasteiger partial charge in [0.1, 0.15) is 0 Å². The van der Waals surface area contributed by atoms with Gasteiger partial charge in [-0.3, -0.25) is 9.59 Å². The van der Waals surface area contributed by atoms with E-state index in [-0.39, 0.29) is 5.15 Å². The third-order valence-corrected chi connectivity index (χ3v) is 3.98. The van der Waals surface area contributed by atoms with Gasteiger partial charge in [0.15, 0.2) is 11.3 Å². The Hall–Kier alpha value is -2.40. The number of carbonyl (C=O) groups is 2. The molecule has 1 amide bonds. The highest BCUT2D eigenvalue weighted by Gasteiger charge is 2.33. The maximum atomic E-state index is 12.5. The Balaban J connectivity index is 2.03. The monoisotopic (exact) mass is 346 g/mol. The molecule has 0 bridgehead atoms. The van der Waals surface area contributed by atoms with Crippen LogP contribution < -0.4 is 5.32 Å². The second-order valence-corrected chi connectivity index (χ2v) is 6.23. The summed E-state index contributed by atoms with van der Waals surface area (Å²) in [7, 11) is 0. The van der Waals surface area contributed by atoms with Crippen LogP contribution in [0.15, 0.2) is 48.7 Å². The Morgan fingerprint density at radius 1 is 1.17 bits per heavy atom. The van der Waals surface area contributed by atoms with E-state index in [2.05, 4.69) is 10.3 Å². The average molecular weight is 347 g/mol. The lowest BCUT2D eigenvalue weighted by Gasteiger charge is -2.25. The highest BCUT2D eigenvalue weighted by atomic mass is 35.5. The molecule has 1 aromatic heterocycles. The topological polar surface area (TPSA) is 68.3 Å². The Bertz CT molecular complexity index is 732. The van der Waals surface area contributed by atoms with Crippen LogP contribution >= 0.6 is 11.6 Å². The fourth-order valence-corrected chi connectivity index (χ4v) is 2.21. The van der Waals surface area contributed by atoms with Gasteiger partial charge >= 0.3 is 5.97 Å². The number of hydrogen-bond donors (Lipinski definition) is 1. The fourth-order valence-electron chi connectivity index (χ4n) is 2.05. The van der Waals surface area contributed by atoms with Crippen molar-refractivity contribution in [3.05, 3.63) is 59.4 Å². The third-order valence-electron chi connectivity index (χ3n) is 3.68. The van der Waals surface area contributed by atoms with E-state index >= 15 is 0 Å². The van der Waals surface area contributed by atoms with E-state index in [1.165, 1.54) is 13.1 Å². The summed E-state index contributed by atoms with van der Waals surface area (Å²) in [6.07, 6.45) is 0.556. The number of amides is 1. The van der Waals surface area contributed by atoms with Crippen LogP contribution in [-0.4, -0.2) is 23.0 Å². The van der Waals surface area contributed by atoms with Crippen LogP contribution in [0, 0.1) is 0 Å². The second kappa shape index (κ2) is 7.45.